The summed E-state index contributed by atoms with van der Waals surface area (Å²) in [4.78, 5) is 2.12. The third kappa shape index (κ3) is 11.3. The molecule has 0 amide bonds. The minimum absolute atomic E-state index is 0. The molecule has 0 aromatic heterocycles. The molecule has 2 heteroatoms. The fraction of sp³-hybridized carbons (Fsp3) is 0.800. The van der Waals surface area contributed by atoms with E-state index in [1.807, 2.05) is 14.1 Å². The molecule has 0 radical (unpaired) electrons. The van der Waals surface area contributed by atoms with Gasteiger partial charge in [0.2, 0.25) is 0 Å². The van der Waals surface area contributed by atoms with Gasteiger partial charge in [0.15, 0.2) is 0 Å². The van der Waals surface area contributed by atoms with Gasteiger partial charge in [0.25, 0.3) is 0 Å². The van der Waals surface area contributed by atoms with E-state index in [-0.39, 0.29) is 51.4 Å². The van der Waals surface area contributed by atoms with Crippen LogP contribution in [0.1, 0.15) is 6.42 Å². The minimum Gasteiger partial charge on any atom is -0.342 e. The summed E-state index contributed by atoms with van der Waals surface area (Å²) in [5.74, 6) is 0. The molecule has 0 aromatic carbocycles. The Labute approximate surface area is 88.9 Å². The summed E-state index contributed by atoms with van der Waals surface area (Å²) in [7, 11) is 4.09. The molecule has 0 saturated heterocycles. The van der Waals surface area contributed by atoms with E-state index in [0.29, 0.717) is 0 Å². The van der Waals surface area contributed by atoms with E-state index >= 15 is 0 Å². The molecule has 0 aliphatic carbocycles. The van der Waals surface area contributed by atoms with Crippen LogP contribution in [0.15, 0.2) is 0 Å². The van der Waals surface area contributed by atoms with Gasteiger partial charge in [0.1, 0.15) is 0 Å². The van der Waals surface area contributed by atoms with Crippen molar-refractivity contribution in [1.29, 1.82) is 0 Å². The van der Waals surface area contributed by atoms with Crippen LogP contribution in [0.25, 0.3) is 0 Å². The summed E-state index contributed by atoms with van der Waals surface area (Å²) < 4.78 is 0. The summed E-state index contributed by atoms with van der Waals surface area (Å²) in [5.41, 5.74) is 0. The van der Waals surface area contributed by atoms with Gasteiger partial charge in [-0.05, 0) is 20.6 Å². The maximum Gasteiger partial charge on any atom is 1.00 e. The van der Waals surface area contributed by atoms with Crippen molar-refractivity contribution in [3.8, 4) is 0 Å². The van der Waals surface area contributed by atoms with Crippen LogP contribution in [0.3, 0.4) is 0 Å². The van der Waals surface area contributed by atoms with E-state index in [2.05, 4.69) is 11.8 Å². The standard InChI is InChI=1S/C5H12N.K/c1-4-5-6(2)3;/h1,4-5H2,2-3H3;/q-1;+1. The first kappa shape index (κ1) is 11.4. The van der Waals surface area contributed by atoms with Crippen LogP contribution in [-0.2, 0) is 0 Å². The second-order valence-corrected chi connectivity index (χ2v) is 1.66. The Morgan fingerprint density at radius 2 is 1.86 bits per heavy atom. The van der Waals surface area contributed by atoms with Crippen LogP contribution in [0.5, 0.6) is 0 Å². The Balaban J connectivity index is 0. The number of hydrogen-bond acceptors (Lipinski definition) is 1. The average Bonchev–Trinajstić information content (AvgIpc) is 1.35. The van der Waals surface area contributed by atoms with Crippen LogP contribution in [-0.4, -0.2) is 25.5 Å². The Morgan fingerprint density at radius 3 is 1.86 bits per heavy atom. The van der Waals surface area contributed by atoms with Crippen molar-refractivity contribution in [3.05, 3.63) is 6.92 Å². The van der Waals surface area contributed by atoms with Crippen molar-refractivity contribution in [1.82, 2.24) is 4.90 Å². The van der Waals surface area contributed by atoms with E-state index in [4.69, 9.17) is 0 Å². The fourth-order valence-corrected chi connectivity index (χ4v) is 0.316. The van der Waals surface area contributed by atoms with Gasteiger partial charge in [-0.1, -0.05) is 0 Å². The van der Waals surface area contributed by atoms with Crippen molar-refractivity contribution in [3.63, 3.8) is 0 Å². The quantitative estimate of drug-likeness (QED) is 0.298. The number of rotatable bonds is 2. The van der Waals surface area contributed by atoms with Gasteiger partial charge in [0.05, 0.1) is 0 Å². The molecule has 0 N–H and O–H groups in total. The SMILES string of the molecule is [CH2-]CCN(C)C.[K+]. The van der Waals surface area contributed by atoms with Gasteiger partial charge in [-0.3, -0.25) is 0 Å². The molecule has 7 heavy (non-hydrogen) atoms. The van der Waals surface area contributed by atoms with Crippen LogP contribution in [0.2, 0.25) is 0 Å². The number of nitrogens with zero attached hydrogens (tertiary/aromatic N) is 1. The van der Waals surface area contributed by atoms with E-state index < -0.39 is 0 Å². The Bertz CT molecular complexity index is 29.3. The van der Waals surface area contributed by atoms with Crippen LogP contribution in [0.4, 0.5) is 0 Å². The molecule has 0 saturated carbocycles. The molecule has 38 valence electrons. The smallest absolute Gasteiger partial charge is 0.342 e. The molecular weight excluding hydrogens is 113 g/mol. The van der Waals surface area contributed by atoms with Crippen LogP contribution < -0.4 is 51.4 Å². The zero-order valence-electron chi connectivity index (χ0n) is 5.57. The molecule has 0 spiro atoms. The zero-order chi connectivity index (χ0) is 4.99. The second-order valence-electron chi connectivity index (χ2n) is 1.66. The van der Waals surface area contributed by atoms with E-state index in [1.165, 1.54) is 0 Å². The van der Waals surface area contributed by atoms with E-state index in [9.17, 15) is 0 Å². The summed E-state index contributed by atoms with van der Waals surface area (Å²) in [6, 6.07) is 0. The van der Waals surface area contributed by atoms with Crippen molar-refractivity contribution in [2.45, 2.75) is 6.42 Å². The first-order valence-corrected chi connectivity index (χ1v) is 2.21. The maximum atomic E-state index is 3.68. The van der Waals surface area contributed by atoms with E-state index in [1.54, 1.807) is 0 Å². The minimum atomic E-state index is 0. The predicted octanol–water partition coefficient (Wildman–Crippen LogP) is -2.22. The van der Waals surface area contributed by atoms with Crippen molar-refractivity contribution < 1.29 is 51.4 Å². The van der Waals surface area contributed by atoms with Gasteiger partial charge in [0, 0.05) is 0 Å². The molecule has 0 heterocycles. The normalized spacial score (nSPS) is 8.57. The van der Waals surface area contributed by atoms with Crippen molar-refractivity contribution >= 4 is 0 Å². The van der Waals surface area contributed by atoms with Crippen LogP contribution in [0, 0.1) is 6.92 Å². The van der Waals surface area contributed by atoms with Crippen LogP contribution >= 0.6 is 0 Å². The maximum absolute atomic E-state index is 3.68. The third-order valence-corrected chi connectivity index (χ3v) is 0.605. The summed E-state index contributed by atoms with van der Waals surface area (Å²) in [5, 5.41) is 0. The topological polar surface area (TPSA) is 3.24 Å². The molecule has 0 rings (SSSR count). The average molecular weight is 125 g/mol. The van der Waals surface area contributed by atoms with Gasteiger partial charge in [-0.15, -0.1) is 0 Å². The first-order chi connectivity index (χ1) is 2.77. The molecule has 1 nitrogen and oxygen atoms in total. The fourth-order valence-electron chi connectivity index (χ4n) is 0.316. The van der Waals surface area contributed by atoms with Crippen molar-refractivity contribution in [2.24, 2.45) is 0 Å². The largest absolute Gasteiger partial charge is 1.00 e. The molecule has 0 unspecified atom stereocenters. The molecule has 0 aromatic rings. The molecule has 0 aliphatic heterocycles. The molecule has 0 fully saturated rings. The Kier molecular flexibility index (Phi) is 12.4. The first-order valence-electron chi connectivity index (χ1n) is 2.21. The summed E-state index contributed by atoms with van der Waals surface area (Å²) in [6.45, 7) is 4.78. The Hall–Kier alpha value is 1.60. The third-order valence-electron chi connectivity index (χ3n) is 0.605. The molecule has 0 aliphatic rings. The summed E-state index contributed by atoms with van der Waals surface area (Å²) in [6.07, 6.45) is 1.01. The van der Waals surface area contributed by atoms with Gasteiger partial charge in [-0.25, -0.2) is 0 Å². The van der Waals surface area contributed by atoms with Crippen molar-refractivity contribution in [2.75, 3.05) is 20.6 Å². The molecular formula is C5H12KN. The van der Waals surface area contributed by atoms with Gasteiger partial charge >= 0.3 is 51.4 Å². The number of hydrogen-bond donors (Lipinski definition) is 0. The predicted molar refractivity (Wildman–Crippen MR) is 28.5 cm³/mol. The van der Waals surface area contributed by atoms with E-state index in [0.717, 1.165) is 13.0 Å². The zero-order valence-corrected chi connectivity index (χ0v) is 8.69. The van der Waals surface area contributed by atoms with Gasteiger partial charge in [-0.2, -0.15) is 6.42 Å². The second kappa shape index (κ2) is 7.60. The van der Waals surface area contributed by atoms with Gasteiger partial charge < -0.3 is 11.8 Å². The monoisotopic (exact) mass is 125 g/mol. The Morgan fingerprint density at radius 1 is 1.43 bits per heavy atom. The molecule has 0 bridgehead atoms. The molecule has 0 atom stereocenters. The summed E-state index contributed by atoms with van der Waals surface area (Å²) >= 11 is 0.